The summed E-state index contributed by atoms with van der Waals surface area (Å²) >= 11 is 0. The molecule has 0 saturated heterocycles. The van der Waals surface area contributed by atoms with Crippen molar-refractivity contribution in [3.05, 3.63) is 146 Å². The van der Waals surface area contributed by atoms with Crippen molar-refractivity contribution in [1.29, 1.82) is 0 Å². The van der Waals surface area contributed by atoms with Crippen molar-refractivity contribution in [2.75, 3.05) is 33.0 Å². The average molecular weight is 909 g/mol. The van der Waals surface area contributed by atoms with Gasteiger partial charge in [0.05, 0.1) is 26.4 Å². The standard InChI is InChI=1S/C54H85O9P/c1-3-5-7-9-11-13-15-17-19-21-23-24-25-26-27-29-31-33-35-37-39-41-43-45-47-60-50-53(51-62-64(58,59)61-49-52(56)48-55)63-54(57)46-44-42-40-38-36-34-32-30-28-22-20-18-16-14-12-10-8-6-4-2/h5-8,11-14,17-20,23-24,26-28,30-31,33-34,36,40,42,52-53,55-56H,3-4,9-10,15-16,21-22,25,29,32,35,37-39,41,43-51H2,1-2H3,(H,58,59)/b7-5-,8-6-,13-11-,14-12-,19-17-,20-18-,24-23-,27-26-,30-28-,33-31-,36-34-,42-40-. The summed E-state index contributed by atoms with van der Waals surface area (Å²) in [6.45, 7) is 3.09. The number of aliphatic hydroxyl groups excluding tert-OH is 2. The topological polar surface area (TPSA) is 132 Å². The molecule has 64 heavy (non-hydrogen) atoms. The van der Waals surface area contributed by atoms with Crippen LogP contribution in [0.1, 0.15) is 142 Å². The molecule has 0 aromatic rings. The van der Waals surface area contributed by atoms with E-state index in [0.29, 0.717) is 13.0 Å². The van der Waals surface area contributed by atoms with Gasteiger partial charge in [0.2, 0.25) is 0 Å². The SMILES string of the molecule is CC/C=C\C/C=C\C/C=C\C/C=C\C/C=C\C/C=C\CCCCCCCOCC(COP(=O)(O)OCC(O)CO)OC(=O)CC/C=C\C/C=C\C/C=C\C/C=C\C/C=C\C/C=C\CC. The van der Waals surface area contributed by atoms with Gasteiger partial charge in [0.15, 0.2) is 0 Å². The van der Waals surface area contributed by atoms with E-state index < -0.39 is 45.8 Å². The maximum Gasteiger partial charge on any atom is 0.472 e. The predicted octanol–water partition coefficient (Wildman–Crippen LogP) is 13.9. The molecule has 0 aromatic carbocycles. The molecule has 0 saturated carbocycles. The van der Waals surface area contributed by atoms with Gasteiger partial charge in [0, 0.05) is 13.0 Å². The van der Waals surface area contributed by atoms with Crippen molar-refractivity contribution < 1.29 is 43.0 Å². The minimum atomic E-state index is -4.56. The Balaban J connectivity index is 4.32. The van der Waals surface area contributed by atoms with E-state index in [1.807, 2.05) is 12.2 Å². The number of hydrogen-bond acceptors (Lipinski definition) is 8. The predicted molar refractivity (Wildman–Crippen MR) is 269 cm³/mol. The van der Waals surface area contributed by atoms with Gasteiger partial charge >= 0.3 is 13.8 Å². The third-order valence-electron chi connectivity index (χ3n) is 9.03. The van der Waals surface area contributed by atoms with Crippen molar-refractivity contribution in [2.24, 2.45) is 0 Å². The molecule has 3 atom stereocenters. The number of aliphatic hydroxyl groups is 2. The quantitative estimate of drug-likeness (QED) is 0.0237. The third-order valence-corrected chi connectivity index (χ3v) is 9.98. The summed E-state index contributed by atoms with van der Waals surface area (Å²) < 4.78 is 33.3. The summed E-state index contributed by atoms with van der Waals surface area (Å²) in [4.78, 5) is 22.6. The first kappa shape index (κ1) is 60.3. The highest BCUT2D eigenvalue weighted by Gasteiger charge is 2.26. The van der Waals surface area contributed by atoms with Crippen molar-refractivity contribution in [3.63, 3.8) is 0 Å². The second kappa shape index (κ2) is 48.8. The van der Waals surface area contributed by atoms with E-state index in [4.69, 9.17) is 23.6 Å². The first-order valence-corrected chi connectivity index (χ1v) is 25.3. The summed E-state index contributed by atoms with van der Waals surface area (Å²) in [6, 6.07) is 0. The van der Waals surface area contributed by atoms with Crippen LogP contribution in [0.2, 0.25) is 0 Å². The molecule has 0 spiro atoms. The first-order valence-electron chi connectivity index (χ1n) is 23.8. The molecule has 10 heteroatoms. The zero-order valence-electron chi connectivity index (χ0n) is 39.4. The molecule has 3 N–H and O–H groups in total. The minimum Gasteiger partial charge on any atom is -0.457 e. The lowest BCUT2D eigenvalue weighted by atomic mass is 10.1. The van der Waals surface area contributed by atoms with Gasteiger partial charge in [-0.15, -0.1) is 0 Å². The average Bonchev–Trinajstić information content (AvgIpc) is 3.29. The van der Waals surface area contributed by atoms with E-state index in [-0.39, 0.29) is 13.0 Å². The van der Waals surface area contributed by atoms with Crippen molar-refractivity contribution in [2.45, 2.75) is 154 Å². The highest BCUT2D eigenvalue weighted by molar-refractivity contribution is 7.47. The number of hydrogen-bond donors (Lipinski definition) is 3. The number of unbranched alkanes of at least 4 members (excludes halogenated alkanes) is 5. The number of phosphoric ester groups is 1. The van der Waals surface area contributed by atoms with Crippen LogP contribution in [0.15, 0.2) is 146 Å². The van der Waals surface area contributed by atoms with Crippen LogP contribution in [0, 0.1) is 0 Å². The largest absolute Gasteiger partial charge is 0.472 e. The molecule has 0 rings (SSSR count). The van der Waals surface area contributed by atoms with Crippen LogP contribution in [-0.2, 0) is 27.9 Å². The number of ether oxygens (including phenoxy) is 2. The molecule has 0 bridgehead atoms. The number of allylic oxidation sites excluding steroid dienone is 24. The number of rotatable bonds is 43. The molecular formula is C54H85O9P. The van der Waals surface area contributed by atoms with Gasteiger partial charge in [-0.1, -0.05) is 179 Å². The Hall–Kier alpha value is -3.66. The number of carbonyl (C=O) groups is 1. The highest BCUT2D eigenvalue weighted by atomic mass is 31.2. The van der Waals surface area contributed by atoms with Crippen LogP contribution in [0.5, 0.6) is 0 Å². The van der Waals surface area contributed by atoms with Crippen LogP contribution in [0.25, 0.3) is 0 Å². The molecule has 0 fully saturated rings. The summed E-state index contributed by atoms with van der Waals surface area (Å²) in [5.74, 6) is -0.479. The van der Waals surface area contributed by atoms with Crippen LogP contribution < -0.4 is 0 Å². The molecule has 0 aliphatic heterocycles. The summed E-state index contributed by atoms with van der Waals surface area (Å²) in [7, 11) is -4.56. The van der Waals surface area contributed by atoms with E-state index in [1.54, 1.807) is 0 Å². The van der Waals surface area contributed by atoms with Crippen molar-refractivity contribution in [1.82, 2.24) is 0 Å². The lowest BCUT2D eigenvalue weighted by Gasteiger charge is -2.20. The Morgan fingerprint density at radius 1 is 0.484 bits per heavy atom. The van der Waals surface area contributed by atoms with Gasteiger partial charge in [0.25, 0.3) is 0 Å². The van der Waals surface area contributed by atoms with Crippen LogP contribution in [0.4, 0.5) is 0 Å². The Bertz CT molecular complexity index is 1500. The van der Waals surface area contributed by atoms with E-state index >= 15 is 0 Å². The molecule has 0 aliphatic carbocycles. The zero-order valence-corrected chi connectivity index (χ0v) is 40.3. The fourth-order valence-electron chi connectivity index (χ4n) is 5.50. The number of phosphoric acid groups is 1. The Labute approximate surface area is 388 Å². The molecule has 0 amide bonds. The Morgan fingerprint density at radius 3 is 1.27 bits per heavy atom. The van der Waals surface area contributed by atoms with Crippen molar-refractivity contribution in [3.8, 4) is 0 Å². The van der Waals surface area contributed by atoms with E-state index in [0.717, 1.165) is 116 Å². The molecule has 0 radical (unpaired) electrons. The number of carbonyl (C=O) groups excluding carboxylic acids is 1. The van der Waals surface area contributed by atoms with Gasteiger partial charge in [-0.05, 0) is 103 Å². The maximum atomic E-state index is 12.6. The first-order chi connectivity index (χ1) is 31.3. The van der Waals surface area contributed by atoms with E-state index in [1.165, 1.54) is 0 Å². The van der Waals surface area contributed by atoms with E-state index in [2.05, 4.69) is 148 Å². The smallest absolute Gasteiger partial charge is 0.457 e. The monoisotopic (exact) mass is 909 g/mol. The second-order valence-corrected chi connectivity index (χ2v) is 16.5. The van der Waals surface area contributed by atoms with Crippen LogP contribution in [-0.4, -0.2) is 66.3 Å². The van der Waals surface area contributed by atoms with Gasteiger partial charge in [-0.2, -0.15) is 0 Å². The fraction of sp³-hybridized carbons (Fsp3) is 0.537. The fourth-order valence-corrected chi connectivity index (χ4v) is 6.29. The van der Waals surface area contributed by atoms with Gasteiger partial charge in [-0.3, -0.25) is 13.8 Å². The Kier molecular flexibility index (Phi) is 46.0. The Morgan fingerprint density at radius 2 is 0.844 bits per heavy atom. The molecule has 9 nitrogen and oxygen atoms in total. The van der Waals surface area contributed by atoms with Crippen molar-refractivity contribution >= 4 is 13.8 Å². The lowest BCUT2D eigenvalue weighted by molar-refractivity contribution is -0.154. The van der Waals surface area contributed by atoms with E-state index in [9.17, 15) is 19.4 Å². The van der Waals surface area contributed by atoms with Gasteiger partial charge < -0.3 is 24.6 Å². The molecule has 0 aliphatic rings. The maximum absolute atomic E-state index is 12.6. The lowest BCUT2D eigenvalue weighted by Crippen LogP contribution is -2.29. The molecule has 0 aromatic heterocycles. The van der Waals surface area contributed by atoms with Gasteiger partial charge in [0.1, 0.15) is 12.2 Å². The number of esters is 1. The molecule has 360 valence electrons. The minimum absolute atomic E-state index is 0.00635. The highest BCUT2D eigenvalue weighted by Crippen LogP contribution is 2.43. The molecular weight excluding hydrogens is 824 g/mol. The third kappa shape index (κ3) is 47.8. The zero-order chi connectivity index (χ0) is 46.7. The van der Waals surface area contributed by atoms with Gasteiger partial charge in [-0.25, -0.2) is 4.57 Å². The summed E-state index contributed by atoms with van der Waals surface area (Å²) in [6.07, 6.45) is 68.2. The normalized spacial score (nSPS) is 15.1. The second-order valence-electron chi connectivity index (χ2n) is 15.0. The van der Waals surface area contributed by atoms with Crippen LogP contribution >= 0.6 is 7.82 Å². The van der Waals surface area contributed by atoms with Crippen LogP contribution in [0.3, 0.4) is 0 Å². The summed E-state index contributed by atoms with van der Waals surface area (Å²) in [5.41, 5.74) is 0. The summed E-state index contributed by atoms with van der Waals surface area (Å²) in [5, 5.41) is 18.4. The molecule has 0 heterocycles. The molecule has 3 unspecified atom stereocenters.